The van der Waals surface area contributed by atoms with Crippen LogP contribution in [0.5, 0.6) is 0 Å². The molecule has 0 saturated heterocycles. The molecule has 0 aliphatic rings. The average Bonchev–Trinajstić information content (AvgIpc) is 2.89. The first-order chi connectivity index (χ1) is 13.1. The molecule has 1 aromatic heterocycles. The predicted octanol–water partition coefficient (Wildman–Crippen LogP) is 2.89. The molecule has 0 radical (unpaired) electrons. The van der Waals surface area contributed by atoms with Crippen LogP contribution in [0.3, 0.4) is 0 Å². The number of benzene rings is 1. The zero-order chi connectivity index (χ0) is 21.0. The van der Waals surface area contributed by atoms with Gasteiger partial charge in [-0.25, -0.2) is 12.9 Å². The lowest BCUT2D eigenvalue weighted by Crippen LogP contribution is -2.16. The molecule has 2 rings (SSSR count). The average molecular weight is 429 g/mol. The molecule has 0 saturated carbocycles. The second-order valence-corrected chi connectivity index (χ2v) is 8.75. The van der Waals surface area contributed by atoms with Crippen molar-refractivity contribution in [2.75, 3.05) is 20.6 Å². The molecule has 0 spiro atoms. The molecule has 0 bridgehead atoms. The molecule has 2 aromatic rings. The van der Waals surface area contributed by atoms with E-state index >= 15 is 0 Å². The van der Waals surface area contributed by atoms with Crippen molar-refractivity contribution in [3.8, 4) is 0 Å². The Hall–Kier alpha value is -1.58. The van der Waals surface area contributed by atoms with Gasteiger partial charge in [0.15, 0.2) is 0 Å². The van der Waals surface area contributed by atoms with Crippen LogP contribution < -0.4 is 5.73 Å². The van der Waals surface area contributed by atoms with E-state index in [-0.39, 0.29) is 18.8 Å². The summed E-state index contributed by atoms with van der Waals surface area (Å²) in [4.78, 5) is 0.525. The predicted molar refractivity (Wildman–Crippen MR) is 110 cm³/mol. The highest BCUT2D eigenvalue weighted by Gasteiger charge is 2.21. The molecule has 28 heavy (non-hydrogen) atoms. The molecule has 1 heterocycles. The zero-order valence-corrected chi connectivity index (χ0v) is 18.0. The van der Waals surface area contributed by atoms with Gasteiger partial charge in [0.25, 0.3) is 0 Å². The van der Waals surface area contributed by atoms with E-state index in [2.05, 4.69) is 5.10 Å². The number of hydrogen-bond acceptors (Lipinski definition) is 4. The number of hydrogen-bond donors (Lipinski definition) is 2. The molecule has 154 valence electrons. The van der Waals surface area contributed by atoms with E-state index < -0.39 is 17.1 Å². The van der Waals surface area contributed by atoms with Gasteiger partial charge in [-0.05, 0) is 51.7 Å². The maximum absolute atomic E-state index is 14.0. The highest BCUT2D eigenvalue weighted by atomic mass is 35.5. The number of aromatic nitrogens is 2. The standard InChI is InChI=1S/C19H26ClFN4O2S/c1-12-16(10-15(21)7-8-22)19(13(2)26)25(23-12)11-14-5-6-18(17(20)9-14)28(27)24(3)4/h5-7,9,13,26H,8,10-11,22H2,1-4H3/b15-7-. The van der Waals surface area contributed by atoms with Gasteiger partial charge in [-0.2, -0.15) is 5.10 Å². The zero-order valence-electron chi connectivity index (χ0n) is 16.4. The van der Waals surface area contributed by atoms with Gasteiger partial charge in [0.05, 0.1) is 34.0 Å². The number of aliphatic hydroxyl groups excluding tert-OH is 1. The normalized spacial score (nSPS) is 14.5. The fourth-order valence-electron chi connectivity index (χ4n) is 2.97. The SMILES string of the molecule is Cc1nn(Cc2ccc(S(=O)N(C)C)c(Cl)c2)c(C(C)O)c1C/C(F)=C/CN. The highest BCUT2D eigenvalue weighted by Crippen LogP contribution is 2.27. The Labute approximate surface area is 172 Å². The number of nitrogens with zero attached hydrogens (tertiary/aromatic N) is 3. The summed E-state index contributed by atoms with van der Waals surface area (Å²) in [6.07, 6.45) is 0.523. The van der Waals surface area contributed by atoms with Crippen LogP contribution >= 0.6 is 11.6 Å². The lowest BCUT2D eigenvalue weighted by Gasteiger charge is -2.14. The summed E-state index contributed by atoms with van der Waals surface area (Å²) >= 11 is 6.31. The molecule has 0 fully saturated rings. The maximum Gasteiger partial charge on any atom is 0.128 e. The Morgan fingerprint density at radius 1 is 1.50 bits per heavy atom. The van der Waals surface area contributed by atoms with Crippen LogP contribution in [-0.2, 0) is 24.0 Å². The van der Waals surface area contributed by atoms with E-state index in [1.165, 1.54) is 6.08 Å². The van der Waals surface area contributed by atoms with Crippen molar-refractivity contribution in [3.63, 3.8) is 0 Å². The molecule has 2 unspecified atom stereocenters. The molecule has 9 heteroatoms. The van der Waals surface area contributed by atoms with E-state index in [1.54, 1.807) is 49.1 Å². The van der Waals surface area contributed by atoms with E-state index in [0.29, 0.717) is 33.4 Å². The van der Waals surface area contributed by atoms with Crippen molar-refractivity contribution in [1.82, 2.24) is 14.1 Å². The monoisotopic (exact) mass is 428 g/mol. The van der Waals surface area contributed by atoms with Crippen molar-refractivity contribution in [1.29, 1.82) is 0 Å². The van der Waals surface area contributed by atoms with Crippen LogP contribution in [-0.4, -0.2) is 44.0 Å². The third-order valence-electron chi connectivity index (χ3n) is 4.22. The molecular weight excluding hydrogens is 403 g/mol. The first-order valence-electron chi connectivity index (χ1n) is 8.82. The summed E-state index contributed by atoms with van der Waals surface area (Å²) in [7, 11) is 2.08. The first-order valence-corrected chi connectivity index (χ1v) is 10.3. The number of nitrogens with two attached hydrogens (primary N) is 1. The lowest BCUT2D eigenvalue weighted by atomic mass is 10.1. The van der Waals surface area contributed by atoms with E-state index in [9.17, 15) is 13.7 Å². The number of halogens is 2. The third-order valence-corrected chi connectivity index (χ3v) is 6.04. The summed E-state index contributed by atoms with van der Waals surface area (Å²) in [6.45, 7) is 3.86. The summed E-state index contributed by atoms with van der Waals surface area (Å²) in [6, 6.07) is 5.27. The van der Waals surface area contributed by atoms with Gasteiger partial charge in [-0.3, -0.25) is 4.68 Å². The van der Waals surface area contributed by atoms with E-state index in [1.807, 2.05) is 6.07 Å². The Morgan fingerprint density at radius 3 is 2.71 bits per heavy atom. The summed E-state index contributed by atoms with van der Waals surface area (Å²) in [5, 5.41) is 15.1. The minimum atomic E-state index is -1.34. The van der Waals surface area contributed by atoms with Gasteiger partial charge < -0.3 is 10.8 Å². The minimum absolute atomic E-state index is 0.0325. The molecule has 1 aromatic carbocycles. The van der Waals surface area contributed by atoms with Crippen LogP contribution in [0.15, 0.2) is 35.0 Å². The van der Waals surface area contributed by atoms with Gasteiger partial charge in [0.2, 0.25) is 0 Å². The molecule has 2 atom stereocenters. The topological polar surface area (TPSA) is 84.4 Å². The van der Waals surface area contributed by atoms with Crippen molar-refractivity contribution < 1.29 is 13.7 Å². The smallest absolute Gasteiger partial charge is 0.128 e. The van der Waals surface area contributed by atoms with Crippen molar-refractivity contribution >= 4 is 22.6 Å². The number of rotatable bonds is 8. The number of aryl methyl sites for hydroxylation is 1. The van der Waals surface area contributed by atoms with Gasteiger partial charge in [-0.15, -0.1) is 0 Å². The van der Waals surface area contributed by atoms with Gasteiger partial charge in [-0.1, -0.05) is 17.7 Å². The molecule has 0 amide bonds. The Bertz CT molecular complexity index is 896. The maximum atomic E-state index is 14.0. The largest absolute Gasteiger partial charge is 0.387 e. The minimum Gasteiger partial charge on any atom is -0.387 e. The van der Waals surface area contributed by atoms with E-state index in [0.717, 1.165) is 5.56 Å². The van der Waals surface area contributed by atoms with Crippen LogP contribution in [0.4, 0.5) is 4.39 Å². The van der Waals surface area contributed by atoms with Gasteiger partial charge >= 0.3 is 0 Å². The fourth-order valence-corrected chi connectivity index (χ4v) is 4.17. The summed E-state index contributed by atoms with van der Waals surface area (Å²) in [5.41, 5.74) is 8.04. The first kappa shape index (κ1) is 22.7. The van der Waals surface area contributed by atoms with Crippen LogP contribution in [0.25, 0.3) is 0 Å². The molecular formula is C19H26ClFN4O2S. The fraction of sp³-hybridized carbons (Fsp3) is 0.421. The molecule has 0 aliphatic carbocycles. The lowest BCUT2D eigenvalue weighted by molar-refractivity contribution is 0.186. The summed E-state index contributed by atoms with van der Waals surface area (Å²) < 4.78 is 29.5. The number of aliphatic hydroxyl groups is 1. The highest BCUT2D eigenvalue weighted by molar-refractivity contribution is 7.82. The van der Waals surface area contributed by atoms with Crippen molar-refractivity contribution in [2.24, 2.45) is 5.73 Å². The van der Waals surface area contributed by atoms with Gasteiger partial charge in [0.1, 0.15) is 16.8 Å². The Balaban J connectivity index is 2.37. The van der Waals surface area contributed by atoms with Crippen molar-refractivity contribution in [3.05, 3.63) is 57.6 Å². The molecule has 6 nitrogen and oxygen atoms in total. The molecule has 3 N–H and O–H groups in total. The quantitative estimate of drug-likeness (QED) is 0.677. The second-order valence-electron chi connectivity index (χ2n) is 6.67. The third kappa shape index (κ3) is 5.27. The van der Waals surface area contributed by atoms with Crippen LogP contribution in [0.1, 0.15) is 35.5 Å². The Morgan fingerprint density at radius 2 is 2.18 bits per heavy atom. The molecule has 0 aliphatic heterocycles. The number of allylic oxidation sites excluding steroid dienone is 1. The van der Waals surface area contributed by atoms with Crippen LogP contribution in [0, 0.1) is 6.92 Å². The summed E-state index contributed by atoms with van der Waals surface area (Å²) in [5.74, 6) is -0.356. The van der Waals surface area contributed by atoms with Crippen LogP contribution in [0.2, 0.25) is 5.02 Å². The Kier molecular flexibility index (Phi) is 7.91. The second kappa shape index (κ2) is 9.76. The van der Waals surface area contributed by atoms with E-state index in [4.69, 9.17) is 17.3 Å². The van der Waals surface area contributed by atoms with Crippen molar-refractivity contribution in [2.45, 2.75) is 37.8 Å². The van der Waals surface area contributed by atoms with Gasteiger partial charge in [0, 0.05) is 18.5 Å².